The molecule has 16 heavy (non-hydrogen) atoms. The molecule has 1 aliphatic heterocycles. The molecule has 1 heterocycles. The third-order valence-corrected chi connectivity index (χ3v) is 2.83. The van der Waals surface area contributed by atoms with Gasteiger partial charge in [-0.25, -0.2) is 0 Å². The first-order valence-electron chi connectivity index (χ1n) is 5.54. The number of rotatable bonds is 5. The van der Waals surface area contributed by atoms with E-state index in [0.29, 0.717) is 12.6 Å². The lowest BCUT2D eigenvalue weighted by Gasteiger charge is -2.39. The lowest BCUT2D eigenvalue weighted by molar-refractivity contribution is 0.00818. The highest BCUT2D eigenvalue weighted by Gasteiger charge is 2.27. The summed E-state index contributed by atoms with van der Waals surface area (Å²) in [6.45, 7) is 3.01. The lowest BCUT2D eigenvalue weighted by atomic mass is 10.1. The first kappa shape index (κ1) is 11.2. The van der Waals surface area contributed by atoms with Crippen LogP contribution in [0.15, 0.2) is 24.3 Å². The summed E-state index contributed by atoms with van der Waals surface area (Å²) < 4.78 is 10.6. The summed E-state index contributed by atoms with van der Waals surface area (Å²) in [5.41, 5.74) is 6.75. The van der Waals surface area contributed by atoms with Gasteiger partial charge in [-0.3, -0.25) is 0 Å². The quantitative estimate of drug-likeness (QED) is 0.802. The molecule has 0 atom stereocenters. The lowest BCUT2D eigenvalue weighted by Crippen LogP contribution is -2.51. The smallest absolute Gasteiger partial charge is 0.142 e. The van der Waals surface area contributed by atoms with Crippen molar-refractivity contribution in [3.63, 3.8) is 0 Å². The van der Waals surface area contributed by atoms with E-state index < -0.39 is 0 Å². The summed E-state index contributed by atoms with van der Waals surface area (Å²) in [6, 6.07) is 8.45. The van der Waals surface area contributed by atoms with Gasteiger partial charge in [0.25, 0.3) is 0 Å². The third-order valence-electron chi connectivity index (χ3n) is 2.83. The van der Waals surface area contributed by atoms with Crippen LogP contribution in [0.5, 0.6) is 5.75 Å². The summed E-state index contributed by atoms with van der Waals surface area (Å²) in [7, 11) is 1.69. The van der Waals surface area contributed by atoms with Crippen molar-refractivity contribution in [3.8, 4) is 5.75 Å². The zero-order valence-corrected chi connectivity index (χ0v) is 9.56. The van der Waals surface area contributed by atoms with E-state index in [2.05, 4.69) is 11.0 Å². The second-order valence-electron chi connectivity index (χ2n) is 3.85. The molecule has 2 N–H and O–H groups in total. The molecule has 2 rings (SSSR count). The largest absolute Gasteiger partial charge is 0.495 e. The van der Waals surface area contributed by atoms with Gasteiger partial charge in [0, 0.05) is 13.1 Å². The molecule has 4 heteroatoms. The van der Waals surface area contributed by atoms with Crippen LogP contribution in [0.4, 0.5) is 5.69 Å². The molecule has 1 aliphatic rings. The molecule has 0 aliphatic carbocycles. The van der Waals surface area contributed by atoms with Crippen molar-refractivity contribution >= 4 is 5.69 Å². The Labute approximate surface area is 95.9 Å². The number of methoxy groups -OCH3 is 1. The molecule has 0 unspecified atom stereocenters. The normalized spacial score (nSPS) is 15.6. The number of ether oxygens (including phenoxy) is 2. The Morgan fingerprint density at radius 1 is 1.44 bits per heavy atom. The number of benzene rings is 1. The number of anilines is 1. The van der Waals surface area contributed by atoms with Crippen LogP contribution >= 0.6 is 0 Å². The van der Waals surface area contributed by atoms with Crippen molar-refractivity contribution in [2.75, 3.05) is 38.3 Å². The van der Waals surface area contributed by atoms with Gasteiger partial charge in [0.05, 0.1) is 32.1 Å². The van der Waals surface area contributed by atoms with Crippen LogP contribution < -0.4 is 15.4 Å². The topological polar surface area (TPSA) is 47.7 Å². The first-order chi connectivity index (χ1) is 7.86. The average molecular weight is 222 g/mol. The summed E-state index contributed by atoms with van der Waals surface area (Å²) >= 11 is 0. The molecule has 1 saturated heterocycles. The van der Waals surface area contributed by atoms with Gasteiger partial charge >= 0.3 is 0 Å². The maximum absolute atomic E-state index is 5.65. The van der Waals surface area contributed by atoms with Crippen molar-refractivity contribution in [1.82, 2.24) is 0 Å². The van der Waals surface area contributed by atoms with Gasteiger partial charge in [-0.15, -0.1) is 0 Å². The molecule has 0 saturated carbocycles. The van der Waals surface area contributed by atoms with Gasteiger partial charge in [-0.2, -0.15) is 0 Å². The number of hydrogen-bond acceptors (Lipinski definition) is 4. The van der Waals surface area contributed by atoms with Gasteiger partial charge in [0.15, 0.2) is 0 Å². The Hall–Kier alpha value is -1.26. The molecule has 88 valence electrons. The monoisotopic (exact) mass is 222 g/mol. The summed E-state index contributed by atoms with van der Waals surface area (Å²) in [5, 5.41) is 0. The van der Waals surface area contributed by atoms with Crippen LogP contribution in [0.1, 0.15) is 0 Å². The van der Waals surface area contributed by atoms with Crippen LogP contribution in [0, 0.1) is 0 Å². The average Bonchev–Trinajstić information content (AvgIpc) is 2.26. The zero-order valence-electron chi connectivity index (χ0n) is 9.56. The molecular weight excluding hydrogens is 204 g/mol. The molecular formula is C12H18N2O2. The third kappa shape index (κ3) is 2.13. The minimum absolute atomic E-state index is 0.430. The Balaban J connectivity index is 2.22. The second kappa shape index (κ2) is 5.18. The molecule has 1 aromatic carbocycles. The van der Waals surface area contributed by atoms with Gasteiger partial charge in [-0.05, 0) is 12.1 Å². The molecule has 0 aromatic heterocycles. The van der Waals surface area contributed by atoms with Crippen molar-refractivity contribution in [2.45, 2.75) is 6.04 Å². The molecule has 0 bridgehead atoms. The van der Waals surface area contributed by atoms with Crippen LogP contribution in [0.3, 0.4) is 0 Å². The Kier molecular flexibility index (Phi) is 3.64. The van der Waals surface area contributed by atoms with Crippen molar-refractivity contribution in [1.29, 1.82) is 0 Å². The van der Waals surface area contributed by atoms with E-state index in [1.165, 1.54) is 0 Å². The maximum Gasteiger partial charge on any atom is 0.142 e. The van der Waals surface area contributed by atoms with Crippen LogP contribution in [-0.4, -0.2) is 39.5 Å². The van der Waals surface area contributed by atoms with Crippen LogP contribution in [0.25, 0.3) is 0 Å². The highest BCUT2D eigenvalue weighted by atomic mass is 16.5. The summed E-state index contributed by atoms with van der Waals surface area (Å²) in [6.07, 6.45) is 0. The summed E-state index contributed by atoms with van der Waals surface area (Å²) in [5.74, 6) is 0.892. The molecule has 1 aromatic rings. The van der Waals surface area contributed by atoms with Crippen molar-refractivity contribution in [3.05, 3.63) is 24.3 Å². The Morgan fingerprint density at radius 3 is 2.75 bits per heavy atom. The fourth-order valence-corrected chi connectivity index (χ4v) is 1.91. The molecule has 1 fully saturated rings. The minimum Gasteiger partial charge on any atom is -0.495 e. The van der Waals surface area contributed by atoms with E-state index in [9.17, 15) is 0 Å². The van der Waals surface area contributed by atoms with Crippen LogP contribution in [-0.2, 0) is 4.74 Å². The van der Waals surface area contributed by atoms with Gasteiger partial charge in [-0.1, -0.05) is 12.1 Å². The molecule has 0 spiro atoms. The maximum atomic E-state index is 5.65. The number of para-hydroxylation sites is 2. The second-order valence-corrected chi connectivity index (χ2v) is 3.85. The zero-order chi connectivity index (χ0) is 11.4. The highest BCUT2D eigenvalue weighted by Crippen LogP contribution is 2.30. The van der Waals surface area contributed by atoms with Gasteiger partial charge in [0.2, 0.25) is 0 Å². The van der Waals surface area contributed by atoms with Crippen molar-refractivity contribution < 1.29 is 9.47 Å². The van der Waals surface area contributed by atoms with E-state index >= 15 is 0 Å². The van der Waals surface area contributed by atoms with Crippen molar-refractivity contribution in [2.24, 2.45) is 5.73 Å². The van der Waals surface area contributed by atoms with Crippen LogP contribution in [0.2, 0.25) is 0 Å². The molecule has 4 nitrogen and oxygen atoms in total. The SMILES string of the molecule is COc1ccccc1N(CCN)C1COC1. The fraction of sp³-hybridized carbons (Fsp3) is 0.500. The number of hydrogen-bond donors (Lipinski definition) is 1. The molecule has 0 radical (unpaired) electrons. The van der Waals surface area contributed by atoms with Gasteiger partial charge in [0.1, 0.15) is 5.75 Å². The van der Waals surface area contributed by atoms with E-state index in [1.807, 2.05) is 18.2 Å². The standard InChI is InChI=1S/C12H18N2O2/c1-15-12-5-3-2-4-11(12)14(7-6-13)10-8-16-9-10/h2-5,10H,6-9,13H2,1H3. The summed E-state index contributed by atoms with van der Waals surface area (Å²) in [4.78, 5) is 2.27. The van der Waals surface area contributed by atoms with E-state index in [-0.39, 0.29) is 0 Å². The number of nitrogens with two attached hydrogens (primary N) is 1. The van der Waals surface area contributed by atoms with E-state index in [4.69, 9.17) is 15.2 Å². The van der Waals surface area contributed by atoms with E-state index in [1.54, 1.807) is 7.11 Å². The predicted octanol–water partition coefficient (Wildman–Crippen LogP) is 0.859. The highest BCUT2D eigenvalue weighted by molar-refractivity contribution is 5.59. The predicted molar refractivity (Wildman–Crippen MR) is 64.0 cm³/mol. The number of nitrogens with zero attached hydrogens (tertiary/aromatic N) is 1. The Morgan fingerprint density at radius 2 is 2.19 bits per heavy atom. The fourth-order valence-electron chi connectivity index (χ4n) is 1.91. The first-order valence-corrected chi connectivity index (χ1v) is 5.54. The van der Waals surface area contributed by atoms with E-state index in [0.717, 1.165) is 31.2 Å². The van der Waals surface area contributed by atoms with Gasteiger partial charge < -0.3 is 20.1 Å². The minimum atomic E-state index is 0.430. The molecule has 0 amide bonds. The Bertz CT molecular complexity index is 340.